The van der Waals surface area contributed by atoms with Crippen LogP contribution in [0.4, 0.5) is 28.0 Å². The summed E-state index contributed by atoms with van der Waals surface area (Å²) in [6, 6.07) is 18.8. The van der Waals surface area contributed by atoms with Crippen LogP contribution in [0, 0.1) is 12.7 Å². The van der Waals surface area contributed by atoms with Gasteiger partial charge in [-0.25, -0.2) is 9.18 Å². The van der Waals surface area contributed by atoms with Gasteiger partial charge in [-0.05, 0) is 65.3 Å². The summed E-state index contributed by atoms with van der Waals surface area (Å²) in [5, 5.41) is 13.4. The Kier molecular flexibility index (Phi) is 8.09. The van der Waals surface area contributed by atoms with Gasteiger partial charge in [-0.2, -0.15) is 13.2 Å². The minimum atomic E-state index is -4.93. The van der Waals surface area contributed by atoms with Gasteiger partial charge >= 0.3 is 12.3 Å². The van der Waals surface area contributed by atoms with E-state index in [1.165, 1.54) is 42.5 Å². The number of hydrogen-bond acceptors (Lipinski definition) is 3. The van der Waals surface area contributed by atoms with Gasteiger partial charge in [-0.1, -0.05) is 62.4 Å². The van der Waals surface area contributed by atoms with Crippen LogP contribution in [0.3, 0.4) is 0 Å². The average molecular weight is 504 g/mol. The number of carbonyl (C=O) groups is 1. The fraction of sp³-hybridized carbons (Fsp3) is 0.321. The number of alkyl halides is 3. The zero-order chi connectivity index (χ0) is 26.6. The van der Waals surface area contributed by atoms with Gasteiger partial charge in [0.2, 0.25) is 0 Å². The van der Waals surface area contributed by atoms with E-state index >= 15 is 0 Å². The lowest BCUT2D eigenvalue weighted by atomic mass is 9.72. The van der Waals surface area contributed by atoms with Crippen LogP contribution in [0.25, 0.3) is 0 Å². The van der Waals surface area contributed by atoms with Crippen LogP contribution >= 0.6 is 0 Å². The molecule has 0 aromatic heterocycles. The number of aryl methyl sites for hydroxylation is 1. The quantitative estimate of drug-likeness (QED) is 0.323. The highest BCUT2D eigenvalue weighted by molar-refractivity contribution is 5.84. The number of amides is 1. The molecule has 3 aromatic rings. The summed E-state index contributed by atoms with van der Waals surface area (Å²) in [4.78, 5) is 12.0. The van der Waals surface area contributed by atoms with E-state index in [2.05, 4.69) is 5.32 Å². The van der Waals surface area contributed by atoms with Gasteiger partial charge in [-0.15, -0.1) is 0 Å². The first-order valence-electron chi connectivity index (χ1n) is 11.4. The Balaban J connectivity index is 1.71. The molecule has 0 aliphatic carbocycles. The summed E-state index contributed by atoms with van der Waals surface area (Å²) >= 11 is 0. The minimum Gasteiger partial charge on any atom is -0.444 e. The lowest BCUT2D eigenvalue weighted by Gasteiger charge is -2.38. The highest BCUT2D eigenvalue weighted by Gasteiger charge is 2.55. The van der Waals surface area contributed by atoms with Crippen molar-refractivity contribution in [2.75, 3.05) is 5.32 Å². The Bertz CT molecular complexity index is 1180. The second kappa shape index (κ2) is 10.7. The zero-order valence-corrected chi connectivity index (χ0v) is 20.3. The molecule has 0 aliphatic heterocycles. The highest BCUT2D eigenvalue weighted by Crippen LogP contribution is 2.43. The van der Waals surface area contributed by atoms with Crippen molar-refractivity contribution in [3.8, 4) is 0 Å². The molecule has 1 amide bonds. The molecular weight excluding hydrogens is 474 g/mol. The lowest BCUT2D eigenvalue weighted by Crippen LogP contribution is -2.50. The van der Waals surface area contributed by atoms with Crippen molar-refractivity contribution in [2.24, 2.45) is 0 Å². The molecule has 3 rings (SSSR count). The molecular formula is C28H29F4NO3. The van der Waals surface area contributed by atoms with Crippen LogP contribution in [-0.2, 0) is 23.2 Å². The molecule has 0 radical (unpaired) electrons. The van der Waals surface area contributed by atoms with Crippen LogP contribution < -0.4 is 5.32 Å². The molecule has 0 aliphatic rings. The van der Waals surface area contributed by atoms with Gasteiger partial charge in [0, 0.05) is 12.1 Å². The molecule has 1 unspecified atom stereocenters. The second-order valence-electron chi connectivity index (χ2n) is 9.61. The van der Waals surface area contributed by atoms with Gasteiger partial charge in [0.25, 0.3) is 0 Å². The fourth-order valence-corrected chi connectivity index (χ4v) is 4.33. The number of hydrogen-bond donors (Lipinski definition) is 2. The molecule has 192 valence electrons. The van der Waals surface area contributed by atoms with Gasteiger partial charge < -0.3 is 9.84 Å². The predicted octanol–water partition coefficient (Wildman–Crippen LogP) is 7.09. The second-order valence-corrected chi connectivity index (χ2v) is 9.61. The maximum absolute atomic E-state index is 14.1. The molecule has 0 saturated carbocycles. The fourth-order valence-electron chi connectivity index (χ4n) is 4.33. The number of anilines is 1. The number of benzene rings is 3. The van der Waals surface area contributed by atoms with Crippen LogP contribution in [0.15, 0.2) is 72.8 Å². The number of rotatable bonds is 8. The summed E-state index contributed by atoms with van der Waals surface area (Å²) < 4.78 is 61.3. The van der Waals surface area contributed by atoms with E-state index in [4.69, 9.17) is 4.74 Å². The third-order valence-corrected chi connectivity index (χ3v) is 6.10. The first kappa shape index (κ1) is 27.2. The molecule has 1 atom stereocenters. The summed E-state index contributed by atoms with van der Waals surface area (Å²) in [7, 11) is 0. The van der Waals surface area contributed by atoms with E-state index in [0.717, 1.165) is 5.56 Å². The number of aliphatic hydroxyl groups is 1. The number of halogens is 4. The SMILES string of the molecule is Cc1ccc(F)cc1C(C)(C)CC(O)(Cc1ccc(NC(=O)OCc2ccccc2)cc1)C(F)(F)F. The normalized spacial score (nSPS) is 13.7. The van der Waals surface area contributed by atoms with Gasteiger partial charge in [0.1, 0.15) is 12.4 Å². The molecule has 0 spiro atoms. The van der Waals surface area contributed by atoms with Gasteiger partial charge in [0.05, 0.1) is 0 Å². The highest BCUT2D eigenvalue weighted by atomic mass is 19.4. The molecule has 3 aromatic carbocycles. The van der Waals surface area contributed by atoms with Crippen molar-refractivity contribution in [3.05, 3.63) is 101 Å². The monoisotopic (exact) mass is 503 g/mol. The van der Waals surface area contributed by atoms with E-state index in [9.17, 15) is 27.5 Å². The summed E-state index contributed by atoms with van der Waals surface area (Å²) in [5.41, 5.74) is -1.81. The standard InChI is InChI=1S/C28H29F4NO3/c1-19-9-12-22(29)15-24(19)26(2,3)18-27(35,28(30,31)32)16-20-10-13-23(14-11-20)33-25(34)36-17-21-7-5-4-6-8-21/h4-15,35H,16-18H2,1-3H3,(H,33,34). The van der Waals surface area contributed by atoms with E-state index in [-0.39, 0.29) is 12.2 Å². The summed E-state index contributed by atoms with van der Waals surface area (Å²) in [6.45, 7) is 4.88. The predicted molar refractivity (Wildman–Crippen MR) is 130 cm³/mol. The maximum atomic E-state index is 14.1. The van der Waals surface area contributed by atoms with Gasteiger partial charge in [-0.3, -0.25) is 5.32 Å². The number of carbonyl (C=O) groups excluding carboxylic acids is 1. The molecule has 0 bridgehead atoms. The Morgan fingerprint density at radius 2 is 1.58 bits per heavy atom. The molecule has 0 heterocycles. The van der Waals surface area contributed by atoms with Crippen LogP contribution in [0.1, 0.15) is 42.5 Å². The van der Waals surface area contributed by atoms with Crippen LogP contribution in [0.5, 0.6) is 0 Å². The summed E-state index contributed by atoms with van der Waals surface area (Å²) in [6.07, 6.45) is -7.00. The molecule has 36 heavy (non-hydrogen) atoms. The average Bonchev–Trinajstić information content (AvgIpc) is 2.80. The maximum Gasteiger partial charge on any atom is 0.417 e. The lowest BCUT2D eigenvalue weighted by molar-refractivity contribution is -0.266. The van der Waals surface area contributed by atoms with E-state index < -0.39 is 41.9 Å². The minimum absolute atomic E-state index is 0.0734. The Labute approximate surface area is 207 Å². The molecule has 4 nitrogen and oxygen atoms in total. The van der Waals surface area contributed by atoms with Crippen molar-refractivity contribution >= 4 is 11.8 Å². The van der Waals surface area contributed by atoms with Gasteiger partial charge in [0.15, 0.2) is 5.60 Å². The van der Waals surface area contributed by atoms with Crippen LogP contribution in [0.2, 0.25) is 0 Å². The Morgan fingerprint density at radius 3 is 2.19 bits per heavy atom. The third-order valence-electron chi connectivity index (χ3n) is 6.10. The van der Waals surface area contributed by atoms with Crippen molar-refractivity contribution in [2.45, 2.75) is 57.4 Å². The Hall–Kier alpha value is -3.39. The Morgan fingerprint density at radius 1 is 0.944 bits per heavy atom. The smallest absolute Gasteiger partial charge is 0.417 e. The summed E-state index contributed by atoms with van der Waals surface area (Å²) in [5.74, 6) is -0.551. The molecule has 8 heteroatoms. The third kappa shape index (κ3) is 6.85. The van der Waals surface area contributed by atoms with E-state index in [1.807, 2.05) is 18.2 Å². The largest absolute Gasteiger partial charge is 0.444 e. The molecule has 2 N–H and O–H groups in total. The molecule has 0 fully saturated rings. The molecule has 0 saturated heterocycles. The number of ether oxygens (including phenoxy) is 1. The first-order chi connectivity index (χ1) is 16.8. The van der Waals surface area contributed by atoms with Crippen molar-refractivity contribution in [3.63, 3.8) is 0 Å². The van der Waals surface area contributed by atoms with Crippen LogP contribution in [-0.4, -0.2) is 23.0 Å². The van der Waals surface area contributed by atoms with E-state index in [1.54, 1.807) is 32.9 Å². The topological polar surface area (TPSA) is 58.6 Å². The van der Waals surface area contributed by atoms with E-state index in [0.29, 0.717) is 16.8 Å². The number of nitrogens with one attached hydrogen (secondary N) is 1. The first-order valence-corrected chi connectivity index (χ1v) is 11.4. The van der Waals surface area contributed by atoms with Crippen molar-refractivity contribution < 1.29 is 32.2 Å². The van der Waals surface area contributed by atoms with Crippen molar-refractivity contribution in [1.82, 2.24) is 0 Å². The zero-order valence-electron chi connectivity index (χ0n) is 20.3. The van der Waals surface area contributed by atoms with Crippen molar-refractivity contribution in [1.29, 1.82) is 0 Å².